The molecule has 0 radical (unpaired) electrons. The average Bonchev–Trinajstić information content (AvgIpc) is 2.92. The second-order valence-corrected chi connectivity index (χ2v) is 8.04. The molecule has 0 N–H and O–H groups in total. The van der Waals surface area contributed by atoms with Gasteiger partial charge in [-0.15, -0.1) is 17.9 Å². The number of nitrogens with zero attached hydrogens (tertiary/aromatic N) is 2. The molecule has 0 aliphatic rings. The number of hydrogen-bond donors (Lipinski definition) is 0. The smallest absolute Gasteiger partial charge is 0.263 e. The Kier molecular flexibility index (Phi) is 5.57. The summed E-state index contributed by atoms with van der Waals surface area (Å²) in [5.74, 6) is -2.20. The van der Waals surface area contributed by atoms with Gasteiger partial charge in [0.2, 0.25) is 0 Å². The quantitative estimate of drug-likeness (QED) is 0.262. The number of fused-ring (bicyclic) bond motifs is 1. The largest absolute Gasteiger partial charge is 0.293 e. The van der Waals surface area contributed by atoms with E-state index in [4.69, 9.17) is 0 Å². The van der Waals surface area contributed by atoms with Crippen molar-refractivity contribution in [2.45, 2.75) is 25.5 Å². The van der Waals surface area contributed by atoms with Crippen LogP contribution < -0.4 is 5.56 Å². The summed E-state index contributed by atoms with van der Waals surface area (Å²) in [7, 11) is 0. The number of carbonyl (C=O) groups is 1. The van der Waals surface area contributed by atoms with Gasteiger partial charge in [-0.1, -0.05) is 17.8 Å². The van der Waals surface area contributed by atoms with Gasteiger partial charge in [0.1, 0.15) is 16.5 Å². The van der Waals surface area contributed by atoms with E-state index in [1.807, 2.05) is 13.8 Å². The Bertz CT molecular complexity index is 1120. The van der Waals surface area contributed by atoms with Crippen molar-refractivity contribution in [1.82, 2.24) is 9.55 Å². The number of aryl methyl sites for hydroxylation is 2. The molecular formula is C19H16F2N2O2S2. The highest BCUT2D eigenvalue weighted by molar-refractivity contribution is 7.99. The van der Waals surface area contributed by atoms with Crippen molar-refractivity contribution in [3.05, 3.63) is 68.8 Å². The second-order valence-electron chi connectivity index (χ2n) is 5.90. The highest BCUT2D eigenvalue weighted by atomic mass is 32.2. The number of carbonyl (C=O) groups excluding carboxylic acids is 1. The van der Waals surface area contributed by atoms with Gasteiger partial charge in [0.05, 0.1) is 16.7 Å². The van der Waals surface area contributed by atoms with Crippen molar-refractivity contribution < 1.29 is 13.6 Å². The van der Waals surface area contributed by atoms with E-state index in [1.54, 1.807) is 6.08 Å². The first-order valence-corrected chi connectivity index (χ1v) is 9.86. The highest BCUT2D eigenvalue weighted by Gasteiger charge is 2.19. The molecule has 0 unspecified atom stereocenters. The molecule has 2 aromatic heterocycles. The molecule has 1 aromatic carbocycles. The Morgan fingerprint density at radius 1 is 1.37 bits per heavy atom. The van der Waals surface area contributed by atoms with Crippen molar-refractivity contribution in [2.24, 2.45) is 0 Å². The number of benzene rings is 1. The molecule has 0 spiro atoms. The molecule has 0 fully saturated rings. The van der Waals surface area contributed by atoms with Crippen molar-refractivity contribution in [2.75, 3.05) is 5.75 Å². The normalized spacial score (nSPS) is 11.1. The zero-order valence-electron chi connectivity index (χ0n) is 14.7. The van der Waals surface area contributed by atoms with Crippen molar-refractivity contribution >= 4 is 39.1 Å². The summed E-state index contributed by atoms with van der Waals surface area (Å²) < 4.78 is 28.5. The second kappa shape index (κ2) is 7.74. The molecule has 4 nitrogen and oxygen atoms in total. The number of hydrogen-bond acceptors (Lipinski definition) is 5. The minimum Gasteiger partial charge on any atom is -0.293 e. The van der Waals surface area contributed by atoms with Crippen molar-refractivity contribution in [3.63, 3.8) is 0 Å². The van der Waals surface area contributed by atoms with Gasteiger partial charge in [-0.25, -0.2) is 13.8 Å². The van der Waals surface area contributed by atoms with Crippen LogP contribution in [0, 0.1) is 25.5 Å². The topological polar surface area (TPSA) is 52.0 Å². The highest BCUT2D eigenvalue weighted by Crippen LogP contribution is 2.28. The van der Waals surface area contributed by atoms with E-state index in [1.165, 1.54) is 15.9 Å². The summed E-state index contributed by atoms with van der Waals surface area (Å²) in [5, 5.41) is 0.907. The van der Waals surface area contributed by atoms with E-state index >= 15 is 0 Å². The number of allylic oxidation sites excluding steroid dienone is 1. The van der Waals surface area contributed by atoms with Crippen LogP contribution in [-0.4, -0.2) is 21.1 Å². The van der Waals surface area contributed by atoms with E-state index < -0.39 is 17.4 Å². The molecule has 0 amide bonds. The first kappa shape index (κ1) is 19.4. The molecule has 0 aliphatic carbocycles. The standard InChI is InChI=1S/C19H16F2N2O2S2/c1-4-7-23-18(25)16-10(2)11(3)27-17(16)22-19(23)26-9-15(24)13-8-12(20)5-6-14(13)21/h4-6,8H,1,7,9H2,2-3H3. The third kappa shape index (κ3) is 3.72. The lowest BCUT2D eigenvalue weighted by Gasteiger charge is -2.10. The third-order valence-electron chi connectivity index (χ3n) is 4.13. The number of thiophene rings is 1. The molecule has 0 saturated carbocycles. The average molecular weight is 406 g/mol. The number of ketones is 1. The fourth-order valence-electron chi connectivity index (χ4n) is 2.63. The van der Waals surface area contributed by atoms with Gasteiger partial charge in [-0.2, -0.15) is 0 Å². The first-order valence-electron chi connectivity index (χ1n) is 8.06. The first-order chi connectivity index (χ1) is 12.8. The molecule has 0 aliphatic heterocycles. The number of rotatable bonds is 6. The zero-order valence-corrected chi connectivity index (χ0v) is 16.3. The summed E-state index contributed by atoms with van der Waals surface area (Å²) in [6.07, 6.45) is 1.57. The van der Waals surface area contributed by atoms with E-state index in [0.717, 1.165) is 40.4 Å². The summed E-state index contributed by atoms with van der Waals surface area (Å²) in [5.41, 5.74) is 0.373. The molecule has 27 heavy (non-hydrogen) atoms. The van der Waals surface area contributed by atoms with E-state index in [9.17, 15) is 18.4 Å². The SMILES string of the molecule is C=CCn1c(SCC(=O)c2cc(F)ccc2F)nc2sc(C)c(C)c2c1=O. The fourth-order valence-corrected chi connectivity index (χ4v) is 4.59. The van der Waals surface area contributed by atoms with Crippen LogP contribution in [0.1, 0.15) is 20.8 Å². The fraction of sp³-hybridized carbons (Fsp3) is 0.211. The number of halogens is 2. The van der Waals surface area contributed by atoms with Crippen molar-refractivity contribution in [1.29, 1.82) is 0 Å². The summed E-state index contributed by atoms with van der Waals surface area (Å²) in [6, 6.07) is 2.75. The van der Waals surface area contributed by atoms with Crippen LogP contribution in [0.2, 0.25) is 0 Å². The predicted molar refractivity (Wildman–Crippen MR) is 105 cm³/mol. The van der Waals surface area contributed by atoms with Gasteiger partial charge < -0.3 is 0 Å². The monoisotopic (exact) mass is 406 g/mol. The summed E-state index contributed by atoms with van der Waals surface area (Å²) >= 11 is 2.43. The summed E-state index contributed by atoms with van der Waals surface area (Å²) in [6.45, 7) is 7.69. The van der Waals surface area contributed by atoms with Crippen LogP contribution >= 0.6 is 23.1 Å². The van der Waals surface area contributed by atoms with Gasteiger partial charge in [0.15, 0.2) is 10.9 Å². The van der Waals surface area contributed by atoms with Crippen LogP contribution in [0.25, 0.3) is 10.2 Å². The van der Waals surface area contributed by atoms with Crippen LogP contribution in [0.3, 0.4) is 0 Å². The minimum absolute atomic E-state index is 0.168. The van der Waals surface area contributed by atoms with Gasteiger partial charge >= 0.3 is 0 Å². The molecule has 0 bridgehead atoms. The number of aromatic nitrogens is 2. The Morgan fingerprint density at radius 2 is 2.11 bits per heavy atom. The van der Waals surface area contributed by atoms with E-state index in [0.29, 0.717) is 15.4 Å². The Labute approximate surface area is 162 Å². The van der Waals surface area contributed by atoms with E-state index in [2.05, 4.69) is 11.6 Å². The predicted octanol–water partition coefficient (Wildman–Crippen LogP) is 4.51. The van der Waals surface area contributed by atoms with Crippen LogP contribution in [0.15, 0.2) is 40.8 Å². The molecule has 2 heterocycles. The molecule has 0 atom stereocenters. The minimum atomic E-state index is -0.779. The summed E-state index contributed by atoms with van der Waals surface area (Å²) in [4.78, 5) is 31.3. The number of thioether (sulfide) groups is 1. The molecular weight excluding hydrogens is 390 g/mol. The van der Waals surface area contributed by atoms with Crippen LogP contribution in [0.5, 0.6) is 0 Å². The lowest BCUT2D eigenvalue weighted by atomic mass is 10.1. The van der Waals surface area contributed by atoms with Gasteiger partial charge in [-0.05, 0) is 37.6 Å². The maximum absolute atomic E-state index is 13.8. The molecule has 0 saturated heterocycles. The molecule has 140 valence electrons. The maximum atomic E-state index is 13.8. The Hall–Kier alpha value is -2.32. The van der Waals surface area contributed by atoms with Crippen molar-refractivity contribution in [3.8, 4) is 0 Å². The number of Topliss-reactive ketones (excluding diaryl/α,β-unsaturated/α-hetero) is 1. The maximum Gasteiger partial charge on any atom is 0.263 e. The Balaban J connectivity index is 1.97. The Morgan fingerprint density at radius 3 is 2.81 bits per heavy atom. The molecule has 3 aromatic rings. The molecule has 3 rings (SSSR count). The van der Waals surface area contributed by atoms with Gasteiger partial charge in [-0.3, -0.25) is 14.2 Å². The van der Waals surface area contributed by atoms with Gasteiger partial charge in [0.25, 0.3) is 5.56 Å². The lowest BCUT2D eigenvalue weighted by Crippen LogP contribution is -2.23. The molecule has 8 heteroatoms. The zero-order chi connectivity index (χ0) is 19.7. The van der Waals surface area contributed by atoms with Crippen LogP contribution in [-0.2, 0) is 6.54 Å². The van der Waals surface area contributed by atoms with Crippen LogP contribution in [0.4, 0.5) is 8.78 Å². The third-order valence-corrected chi connectivity index (χ3v) is 6.20. The van der Waals surface area contributed by atoms with Gasteiger partial charge in [0, 0.05) is 11.4 Å². The lowest BCUT2D eigenvalue weighted by molar-refractivity contribution is 0.101. The van der Waals surface area contributed by atoms with E-state index in [-0.39, 0.29) is 23.4 Å².